The Morgan fingerprint density at radius 2 is 2.04 bits per heavy atom. The van der Waals surface area contributed by atoms with E-state index in [9.17, 15) is 5.11 Å². The van der Waals surface area contributed by atoms with Crippen LogP contribution in [0.4, 0.5) is 0 Å². The van der Waals surface area contributed by atoms with Crippen LogP contribution in [0.15, 0.2) is 41.7 Å². The Balaban J connectivity index is 1.61. The van der Waals surface area contributed by atoms with E-state index in [4.69, 9.17) is 4.99 Å². The summed E-state index contributed by atoms with van der Waals surface area (Å²) in [5, 5.41) is 16.5. The Hall–Kier alpha value is -2.34. The summed E-state index contributed by atoms with van der Waals surface area (Å²) in [6.07, 6.45) is 7.43. The van der Waals surface area contributed by atoms with Crippen molar-refractivity contribution >= 4 is 5.96 Å². The number of nitrogens with one attached hydrogen (secondary N) is 2. The van der Waals surface area contributed by atoms with Crippen molar-refractivity contribution in [2.45, 2.75) is 64.8 Å². The minimum atomic E-state index is -0.135. The third-order valence-electron chi connectivity index (χ3n) is 5.07. The summed E-state index contributed by atoms with van der Waals surface area (Å²) in [6.45, 7) is 6.40. The van der Waals surface area contributed by atoms with Gasteiger partial charge in [0.1, 0.15) is 5.82 Å². The zero-order chi connectivity index (χ0) is 19.1. The van der Waals surface area contributed by atoms with E-state index in [1.807, 2.05) is 19.3 Å². The van der Waals surface area contributed by atoms with Gasteiger partial charge in [-0.15, -0.1) is 0 Å². The van der Waals surface area contributed by atoms with Crippen LogP contribution in [0, 0.1) is 6.92 Å². The normalized spacial score (nSPS) is 20.5. The van der Waals surface area contributed by atoms with E-state index in [0.29, 0.717) is 12.6 Å². The molecule has 2 aromatic rings. The van der Waals surface area contributed by atoms with Crippen LogP contribution in [0.25, 0.3) is 0 Å². The van der Waals surface area contributed by atoms with Crippen molar-refractivity contribution < 1.29 is 5.11 Å². The van der Waals surface area contributed by atoms with Gasteiger partial charge in [-0.25, -0.2) is 9.98 Å². The zero-order valence-corrected chi connectivity index (χ0v) is 16.4. The van der Waals surface area contributed by atoms with Gasteiger partial charge < -0.3 is 20.3 Å². The largest absolute Gasteiger partial charge is 0.393 e. The third-order valence-corrected chi connectivity index (χ3v) is 5.07. The van der Waals surface area contributed by atoms with E-state index in [0.717, 1.165) is 50.6 Å². The number of aromatic nitrogens is 2. The predicted molar refractivity (Wildman–Crippen MR) is 109 cm³/mol. The number of aryl methyl sites for hydroxylation is 1. The average molecular weight is 370 g/mol. The first kappa shape index (κ1) is 19.4. The summed E-state index contributed by atoms with van der Waals surface area (Å²) < 4.78 is 2.14. The zero-order valence-electron chi connectivity index (χ0n) is 16.4. The van der Waals surface area contributed by atoms with E-state index in [-0.39, 0.29) is 6.10 Å². The van der Waals surface area contributed by atoms with Gasteiger partial charge in [0.15, 0.2) is 5.96 Å². The first-order chi connectivity index (χ1) is 13.1. The Bertz CT molecular complexity index is 747. The van der Waals surface area contributed by atoms with E-state index in [1.54, 1.807) is 0 Å². The molecular weight excluding hydrogens is 338 g/mol. The number of aliphatic imine (C=N–C) groups is 1. The van der Waals surface area contributed by atoms with Crippen LogP contribution in [0.2, 0.25) is 0 Å². The second-order valence-electron chi connectivity index (χ2n) is 7.27. The first-order valence-corrected chi connectivity index (χ1v) is 9.92. The molecule has 6 nitrogen and oxygen atoms in total. The standard InChI is InChI=1S/C21H31N5O/c1-3-22-21(25-19-7-9-20(27)10-8-19)24-14-17-5-4-6-18(13-17)15-26-12-11-23-16(26)2/h4-6,11-13,19-20,27H,3,7-10,14-15H2,1-2H3,(H2,22,24,25). The molecule has 1 aromatic heterocycles. The number of hydrogen-bond donors (Lipinski definition) is 3. The number of hydrogen-bond acceptors (Lipinski definition) is 3. The number of guanidine groups is 1. The number of aliphatic hydroxyl groups is 1. The van der Waals surface area contributed by atoms with Crippen molar-refractivity contribution in [2.24, 2.45) is 4.99 Å². The van der Waals surface area contributed by atoms with Gasteiger partial charge in [-0.3, -0.25) is 0 Å². The molecule has 1 saturated carbocycles. The van der Waals surface area contributed by atoms with Crippen LogP contribution in [0.5, 0.6) is 0 Å². The SMILES string of the molecule is CCNC(=NCc1cccc(Cn2ccnc2C)c1)NC1CCC(O)CC1. The Labute approximate surface area is 161 Å². The van der Waals surface area contributed by atoms with E-state index in [2.05, 4.69) is 51.4 Å². The van der Waals surface area contributed by atoms with Crippen LogP contribution in [0.3, 0.4) is 0 Å². The lowest BCUT2D eigenvalue weighted by Crippen LogP contribution is -2.45. The van der Waals surface area contributed by atoms with Crippen molar-refractivity contribution in [3.05, 3.63) is 53.6 Å². The van der Waals surface area contributed by atoms with Gasteiger partial charge in [0, 0.05) is 31.5 Å². The van der Waals surface area contributed by atoms with Crippen molar-refractivity contribution in [1.82, 2.24) is 20.2 Å². The summed E-state index contributed by atoms with van der Waals surface area (Å²) in [5.74, 6) is 1.88. The fourth-order valence-electron chi connectivity index (χ4n) is 3.50. The lowest BCUT2D eigenvalue weighted by molar-refractivity contribution is 0.120. The molecule has 1 fully saturated rings. The molecule has 0 bridgehead atoms. The summed E-state index contributed by atoms with van der Waals surface area (Å²) in [5.41, 5.74) is 2.45. The molecule has 1 heterocycles. The minimum absolute atomic E-state index is 0.135. The smallest absolute Gasteiger partial charge is 0.191 e. The highest BCUT2D eigenvalue weighted by Gasteiger charge is 2.19. The fraction of sp³-hybridized carbons (Fsp3) is 0.524. The number of nitrogens with zero attached hydrogens (tertiary/aromatic N) is 3. The summed E-state index contributed by atoms with van der Waals surface area (Å²) >= 11 is 0. The molecule has 0 radical (unpaired) electrons. The van der Waals surface area contributed by atoms with Crippen molar-refractivity contribution in [2.75, 3.05) is 6.54 Å². The van der Waals surface area contributed by atoms with Crippen LogP contribution in [-0.2, 0) is 13.1 Å². The topological polar surface area (TPSA) is 74.5 Å². The second kappa shape index (κ2) is 9.55. The lowest BCUT2D eigenvalue weighted by Gasteiger charge is -2.27. The summed E-state index contributed by atoms with van der Waals surface area (Å²) in [4.78, 5) is 9.05. The van der Waals surface area contributed by atoms with Gasteiger partial charge in [0.25, 0.3) is 0 Å². The van der Waals surface area contributed by atoms with Gasteiger partial charge >= 0.3 is 0 Å². The molecular formula is C21H31N5O. The molecule has 0 amide bonds. The number of imidazole rings is 1. The lowest BCUT2D eigenvalue weighted by atomic mass is 9.93. The molecule has 6 heteroatoms. The molecule has 1 aromatic carbocycles. The molecule has 0 spiro atoms. The summed E-state index contributed by atoms with van der Waals surface area (Å²) in [6, 6.07) is 8.96. The van der Waals surface area contributed by atoms with Crippen LogP contribution >= 0.6 is 0 Å². The molecule has 0 unspecified atom stereocenters. The molecule has 27 heavy (non-hydrogen) atoms. The minimum Gasteiger partial charge on any atom is -0.393 e. The number of benzene rings is 1. The number of aliphatic hydroxyl groups excluding tert-OH is 1. The van der Waals surface area contributed by atoms with Crippen LogP contribution in [0.1, 0.15) is 49.6 Å². The highest BCUT2D eigenvalue weighted by atomic mass is 16.3. The van der Waals surface area contributed by atoms with Gasteiger partial charge in [0.05, 0.1) is 12.6 Å². The molecule has 146 valence electrons. The molecule has 3 rings (SSSR count). The Kier molecular flexibility index (Phi) is 6.87. The molecule has 0 atom stereocenters. The predicted octanol–water partition coefficient (Wildman–Crippen LogP) is 2.60. The molecule has 0 aliphatic heterocycles. The van der Waals surface area contributed by atoms with Gasteiger partial charge in [-0.2, -0.15) is 0 Å². The van der Waals surface area contributed by atoms with E-state index in [1.165, 1.54) is 11.1 Å². The Morgan fingerprint density at radius 1 is 1.26 bits per heavy atom. The fourth-order valence-corrected chi connectivity index (χ4v) is 3.50. The summed E-state index contributed by atoms with van der Waals surface area (Å²) in [7, 11) is 0. The molecule has 1 aliphatic carbocycles. The molecule has 1 aliphatic rings. The third kappa shape index (κ3) is 5.82. The molecule has 3 N–H and O–H groups in total. The van der Waals surface area contributed by atoms with Crippen LogP contribution < -0.4 is 10.6 Å². The average Bonchev–Trinajstić information content (AvgIpc) is 3.07. The number of rotatable bonds is 6. The second-order valence-corrected chi connectivity index (χ2v) is 7.27. The maximum Gasteiger partial charge on any atom is 0.191 e. The van der Waals surface area contributed by atoms with Gasteiger partial charge in [-0.05, 0) is 50.7 Å². The highest BCUT2D eigenvalue weighted by Crippen LogP contribution is 2.18. The maximum absolute atomic E-state index is 9.67. The van der Waals surface area contributed by atoms with Crippen molar-refractivity contribution in [3.8, 4) is 0 Å². The van der Waals surface area contributed by atoms with Crippen molar-refractivity contribution in [1.29, 1.82) is 0 Å². The first-order valence-electron chi connectivity index (χ1n) is 9.92. The monoisotopic (exact) mass is 369 g/mol. The van der Waals surface area contributed by atoms with Crippen molar-refractivity contribution in [3.63, 3.8) is 0 Å². The highest BCUT2D eigenvalue weighted by molar-refractivity contribution is 5.80. The van der Waals surface area contributed by atoms with Gasteiger partial charge in [0.2, 0.25) is 0 Å². The quantitative estimate of drug-likeness (QED) is 0.540. The van der Waals surface area contributed by atoms with E-state index < -0.39 is 0 Å². The Morgan fingerprint density at radius 3 is 2.74 bits per heavy atom. The molecule has 0 saturated heterocycles. The van der Waals surface area contributed by atoms with Crippen LogP contribution in [-0.4, -0.2) is 39.3 Å². The van der Waals surface area contributed by atoms with E-state index >= 15 is 0 Å². The van der Waals surface area contributed by atoms with Gasteiger partial charge in [-0.1, -0.05) is 24.3 Å². The maximum atomic E-state index is 9.67.